The Bertz CT molecular complexity index is 968. The topological polar surface area (TPSA) is 173 Å². The quantitative estimate of drug-likeness (QED) is 0.0997. The normalized spacial score (nSPS) is 20.6. The van der Waals surface area contributed by atoms with Crippen molar-refractivity contribution < 1.29 is 24.0 Å². The smallest absolute Gasteiger partial charge is 0.215 e. The first kappa shape index (κ1) is 25.9. The molecule has 1 aliphatic rings. The van der Waals surface area contributed by atoms with Crippen LogP contribution >= 0.6 is 20.6 Å². The summed E-state index contributed by atoms with van der Waals surface area (Å²) in [4.78, 5) is 0. The Morgan fingerprint density at radius 1 is 1.41 bits per heavy atom. The average Bonchev–Trinajstić information content (AvgIpc) is 3.29. The fourth-order valence-electron chi connectivity index (χ4n) is 2.88. The molecular weight excluding hydrogens is 457 g/mol. The lowest BCUT2D eigenvalue weighted by Gasteiger charge is -2.22. The summed E-state index contributed by atoms with van der Waals surface area (Å²) in [5.74, 6) is 4.87. The fraction of sp³-hybridized carbons (Fsp3) is 0.400. The first-order valence-electron chi connectivity index (χ1n) is 9.59. The number of hydrogen-bond donors (Lipinski definition) is 5. The Morgan fingerprint density at radius 3 is 2.62 bits per heavy atom. The van der Waals surface area contributed by atoms with Gasteiger partial charge in [0.1, 0.15) is 29.5 Å². The minimum atomic E-state index is -1.50. The number of hydrogen-bond acceptors (Lipinski definition) is 8. The van der Waals surface area contributed by atoms with Crippen LogP contribution in [0.25, 0.3) is 0 Å². The number of nitriles is 1. The zero-order chi connectivity index (χ0) is 23.9. The number of benzene rings is 1. The van der Waals surface area contributed by atoms with E-state index in [4.69, 9.17) is 52.6 Å². The van der Waals surface area contributed by atoms with Crippen molar-refractivity contribution >= 4 is 26.5 Å². The Balaban J connectivity index is 0.000000654. The lowest BCUT2D eigenvalue weighted by atomic mass is 10.0. The van der Waals surface area contributed by atoms with Gasteiger partial charge in [-0.25, -0.2) is 0 Å². The van der Waals surface area contributed by atoms with Crippen molar-refractivity contribution in [1.29, 1.82) is 10.7 Å². The summed E-state index contributed by atoms with van der Waals surface area (Å²) < 4.78 is 18.3. The van der Waals surface area contributed by atoms with Gasteiger partial charge in [0.15, 0.2) is 11.4 Å². The molecule has 3 unspecified atom stereocenters. The van der Waals surface area contributed by atoms with E-state index in [1.165, 1.54) is 18.5 Å². The lowest BCUT2D eigenvalue weighted by molar-refractivity contribution is -0.127. The molecule has 1 fully saturated rings. The number of nitrogens with two attached hydrogens (primary N) is 2. The summed E-state index contributed by atoms with van der Waals surface area (Å²) in [6.45, 7) is 2.66. The van der Waals surface area contributed by atoms with Crippen LogP contribution in [0.1, 0.15) is 44.2 Å². The van der Waals surface area contributed by atoms with Gasteiger partial charge in [-0.1, -0.05) is 23.7 Å². The molecule has 3 rings (SSSR count). The highest BCUT2D eigenvalue weighted by Gasteiger charge is 2.42. The van der Waals surface area contributed by atoms with Gasteiger partial charge in [0.05, 0.1) is 17.3 Å². The highest BCUT2D eigenvalue weighted by molar-refractivity contribution is 7.26. The van der Waals surface area contributed by atoms with E-state index < -0.39 is 11.4 Å². The van der Waals surface area contributed by atoms with Gasteiger partial charge >= 0.3 is 0 Å². The van der Waals surface area contributed by atoms with Gasteiger partial charge in [-0.15, -0.1) is 0 Å². The molecule has 1 aliphatic heterocycles. The first-order chi connectivity index (χ1) is 15.0. The van der Waals surface area contributed by atoms with E-state index in [1.807, 2.05) is 6.07 Å². The molecule has 7 N–H and O–H groups in total. The molecule has 32 heavy (non-hydrogen) atoms. The van der Waals surface area contributed by atoms with Crippen molar-refractivity contribution in [2.45, 2.75) is 44.2 Å². The fourth-order valence-corrected chi connectivity index (χ4v) is 3.74. The molecule has 1 aromatic carbocycles. The number of nitrogen functional groups attached to an aromatic ring is 2. The molecule has 2 heterocycles. The van der Waals surface area contributed by atoms with Crippen molar-refractivity contribution in [2.75, 3.05) is 12.4 Å². The number of aromatic nitrogens is 1. The second-order valence-corrected chi connectivity index (χ2v) is 8.64. The number of rotatable bonds is 7. The van der Waals surface area contributed by atoms with Crippen LogP contribution in [0, 0.1) is 16.7 Å². The Hall–Kier alpha value is -2.38. The average molecular weight is 484 g/mol. The summed E-state index contributed by atoms with van der Waals surface area (Å²) in [6.07, 6.45) is 0.717. The summed E-state index contributed by atoms with van der Waals surface area (Å²) in [5, 5.41) is 33.8. The maximum absolute atomic E-state index is 9.60. The molecule has 3 atom stereocenters. The summed E-state index contributed by atoms with van der Waals surface area (Å²) >= 11 is 6.02. The van der Waals surface area contributed by atoms with E-state index >= 15 is 0 Å². The standard InChI is InChI=1S/C17H19ClN5O3P.C3H8O2/c18-11-3-1-2-4-14(11)26-27-24-10-17(9-19)8-7-15(25-17)12-5-6-13(16(20)21)23(12)22;1-3(2,4)5/h1-6,15,27H,7-8,10,22H2,(H3,20,21);4-5H,1-2H3. The lowest BCUT2D eigenvalue weighted by Crippen LogP contribution is -2.31. The number of para-hydroxylation sites is 1. The van der Waals surface area contributed by atoms with Gasteiger partial charge in [-0.2, -0.15) is 5.26 Å². The monoisotopic (exact) mass is 483 g/mol. The van der Waals surface area contributed by atoms with Crippen molar-refractivity contribution in [3.05, 3.63) is 52.8 Å². The minimum absolute atomic E-state index is 0.0632. The third-order valence-electron chi connectivity index (χ3n) is 4.29. The van der Waals surface area contributed by atoms with E-state index in [1.54, 1.807) is 30.3 Å². The molecule has 1 saturated heterocycles. The maximum Gasteiger partial charge on any atom is 0.215 e. The molecule has 10 nitrogen and oxygen atoms in total. The van der Waals surface area contributed by atoms with E-state index in [0.29, 0.717) is 35.0 Å². The van der Waals surface area contributed by atoms with Gasteiger partial charge in [0.2, 0.25) is 9.03 Å². The van der Waals surface area contributed by atoms with Crippen LogP contribution in [0.2, 0.25) is 5.02 Å². The first-order valence-corrected chi connectivity index (χ1v) is 10.8. The van der Waals surface area contributed by atoms with Gasteiger partial charge in [0, 0.05) is 0 Å². The van der Waals surface area contributed by atoms with Crippen molar-refractivity contribution in [3.8, 4) is 11.8 Å². The van der Waals surface area contributed by atoms with Gasteiger partial charge in [-0.05, 0) is 51.0 Å². The number of halogens is 1. The van der Waals surface area contributed by atoms with Gasteiger partial charge in [-0.3, -0.25) is 10.1 Å². The predicted octanol–water partition coefficient (Wildman–Crippen LogP) is 2.56. The van der Waals surface area contributed by atoms with Crippen molar-refractivity contribution in [3.63, 3.8) is 0 Å². The number of nitrogens with zero attached hydrogens (tertiary/aromatic N) is 2. The molecular formula is C20H27ClN5O5P. The third-order valence-corrected chi connectivity index (χ3v) is 5.17. The van der Waals surface area contributed by atoms with Crippen LogP contribution in [0.4, 0.5) is 0 Å². The van der Waals surface area contributed by atoms with Crippen LogP contribution in [-0.2, 0) is 9.26 Å². The van der Waals surface area contributed by atoms with Gasteiger partial charge in [0.25, 0.3) is 0 Å². The molecule has 12 heteroatoms. The highest BCUT2D eigenvalue weighted by Crippen LogP contribution is 2.40. The number of nitrogens with one attached hydrogen (secondary N) is 1. The van der Waals surface area contributed by atoms with Crippen molar-refractivity contribution in [2.24, 2.45) is 5.73 Å². The van der Waals surface area contributed by atoms with E-state index in [0.717, 1.165) is 0 Å². The van der Waals surface area contributed by atoms with Crippen LogP contribution in [0.15, 0.2) is 36.4 Å². The number of aliphatic hydroxyl groups is 2. The summed E-state index contributed by atoms with van der Waals surface area (Å²) in [7, 11) is -0.317. The summed E-state index contributed by atoms with van der Waals surface area (Å²) in [5.41, 5.74) is 5.47. The molecule has 0 radical (unpaired) electrons. The molecule has 2 aromatic rings. The Labute approximate surface area is 193 Å². The Kier molecular flexibility index (Phi) is 8.87. The predicted molar refractivity (Wildman–Crippen MR) is 122 cm³/mol. The Morgan fingerprint density at radius 2 is 2.06 bits per heavy atom. The van der Waals surface area contributed by atoms with Crippen LogP contribution < -0.4 is 16.1 Å². The number of ether oxygens (including phenoxy) is 1. The zero-order valence-corrected chi connectivity index (χ0v) is 19.5. The van der Waals surface area contributed by atoms with Crippen LogP contribution in [-0.4, -0.2) is 38.7 Å². The molecule has 174 valence electrons. The van der Waals surface area contributed by atoms with Crippen molar-refractivity contribution in [1.82, 2.24) is 4.68 Å². The highest BCUT2D eigenvalue weighted by atomic mass is 35.5. The van der Waals surface area contributed by atoms with Crippen LogP contribution in [0.5, 0.6) is 5.75 Å². The van der Waals surface area contributed by atoms with E-state index in [9.17, 15) is 5.26 Å². The number of amidine groups is 1. The summed E-state index contributed by atoms with van der Waals surface area (Å²) in [6, 6.07) is 12.7. The second kappa shape index (κ2) is 11.0. The minimum Gasteiger partial charge on any atom is -0.448 e. The molecule has 0 aliphatic carbocycles. The second-order valence-electron chi connectivity index (χ2n) is 7.58. The maximum atomic E-state index is 9.60. The molecule has 1 aromatic heterocycles. The van der Waals surface area contributed by atoms with E-state index in [-0.39, 0.29) is 27.6 Å². The molecule has 0 amide bonds. The largest absolute Gasteiger partial charge is 0.448 e. The van der Waals surface area contributed by atoms with Crippen LogP contribution in [0.3, 0.4) is 0 Å². The SMILES string of the molecule is CC(C)(O)O.N#CC1(COPOc2ccccc2Cl)CCC(c2ccc(C(=N)N)n2N)O1. The molecule has 0 saturated carbocycles. The molecule has 0 bridgehead atoms. The van der Waals surface area contributed by atoms with Gasteiger partial charge < -0.3 is 35.6 Å². The third kappa shape index (κ3) is 7.35. The zero-order valence-electron chi connectivity index (χ0n) is 17.7. The van der Waals surface area contributed by atoms with E-state index in [2.05, 4.69) is 6.07 Å². The molecule has 0 spiro atoms.